The average Bonchev–Trinajstić information content (AvgIpc) is 2.66. The summed E-state index contributed by atoms with van der Waals surface area (Å²) in [5.74, 6) is -1.22. The normalized spacial score (nSPS) is 9.95. The number of nitrogens with one attached hydrogen (secondary N) is 1. The Morgan fingerprint density at radius 3 is 2.55 bits per heavy atom. The molecule has 1 rings (SSSR count). The molecule has 0 saturated carbocycles. The molecule has 7 heteroatoms. The Morgan fingerprint density at radius 1 is 1.40 bits per heavy atom. The fraction of sp³-hybridized carbons (Fsp3) is 0.385. The van der Waals surface area contributed by atoms with E-state index in [1.165, 1.54) is 0 Å². The third kappa shape index (κ3) is 3.74. The number of ether oxygens (including phenoxy) is 1. The van der Waals surface area contributed by atoms with E-state index in [2.05, 4.69) is 5.32 Å². The topological polar surface area (TPSA) is 107 Å². The van der Waals surface area contributed by atoms with Gasteiger partial charge in [0.25, 0.3) is 5.91 Å². The molecule has 1 aromatic heterocycles. The van der Waals surface area contributed by atoms with Crippen molar-refractivity contribution in [3.8, 4) is 0 Å². The summed E-state index contributed by atoms with van der Waals surface area (Å²) in [6.45, 7) is 6.38. The van der Waals surface area contributed by atoms with Crippen molar-refractivity contribution in [3.05, 3.63) is 22.1 Å². The van der Waals surface area contributed by atoms with Crippen LogP contribution in [0.5, 0.6) is 0 Å². The average molecular weight is 297 g/mol. The minimum atomic E-state index is -0.672. The van der Waals surface area contributed by atoms with Gasteiger partial charge < -0.3 is 21.5 Å². The Hall–Kier alpha value is -2.02. The Kier molecular flexibility index (Phi) is 5.57. The smallest absolute Gasteiger partial charge is 0.350 e. The predicted molar refractivity (Wildman–Crippen MR) is 81.1 cm³/mol. The first-order valence-electron chi connectivity index (χ1n) is 6.14. The van der Waals surface area contributed by atoms with Gasteiger partial charge in [-0.05, 0) is 20.8 Å². The highest BCUT2D eigenvalue weighted by Crippen LogP contribution is 2.35. The highest BCUT2D eigenvalue weighted by Gasteiger charge is 2.24. The standard InChI is InChI=1S/C13H19N3O3S/c1-4-19-13(18)10-9(14)8(11(15)17)12(20-10)16-6-5-7(2)3/h5,16H,4,6,14H2,1-3H3,(H2,15,17). The zero-order chi connectivity index (χ0) is 15.3. The molecule has 1 aromatic rings. The van der Waals surface area contributed by atoms with Crippen LogP contribution >= 0.6 is 11.3 Å². The molecule has 0 aliphatic rings. The number of anilines is 2. The van der Waals surface area contributed by atoms with Crippen molar-refractivity contribution in [2.24, 2.45) is 5.73 Å². The Morgan fingerprint density at radius 2 is 2.05 bits per heavy atom. The van der Waals surface area contributed by atoms with Crippen molar-refractivity contribution in [2.75, 3.05) is 24.2 Å². The molecule has 0 unspecified atom stereocenters. The van der Waals surface area contributed by atoms with Crippen LogP contribution in [0.25, 0.3) is 0 Å². The van der Waals surface area contributed by atoms with Gasteiger partial charge in [-0.15, -0.1) is 11.3 Å². The van der Waals surface area contributed by atoms with Crippen LogP contribution in [0, 0.1) is 0 Å². The molecule has 0 saturated heterocycles. The van der Waals surface area contributed by atoms with Crippen LogP contribution in [-0.4, -0.2) is 25.0 Å². The van der Waals surface area contributed by atoms with Crippen molar-refractivity contribution >= 4 is 33.9 Å². The molecule has 0 aromatic carbocycles. The van der Waals surface area contributed by atoms with E-state index in [9.17, 15) is 9.59 Å². The van der Waals surface area contributed by atoms with E-state index >= 15 is 0 Å². The summed E-state index contributed by atoms with van der Waals surface area (Å²) < 4.78 is 4.90. The number of carbonyl (C=O) groups excluding carboxylic acids is 2. The Bertz CT molecular complexity index is 545. The maximum absolute atomic E-state index is 11.8. The van der Waals surface area contributed by atoms with E-state index in [1.54, 1.807) is 6.92 Å². The van der Waals surface area contributed by atoms with E-state index in [0.717, 1.165) is 16.9 Å². The summed E-state index contributed by atoms with van der Waals surface area (Å²) in [6, 6.07) is 0. The van der Waals surface area contributed by atoms with Gasteiger partial charge in [-0.25, -0.2) is 4.79 Å². The largest absolute Gasteiger partial charge is 0.462 e. The second kappa shape index (κ2) is 6.95. The van der Waals surface area contributed by atoms with E-state index in [-0.39, 0.29) is 22.7 Å². The van der Waals surface area contributed by atoms with Gasteiger partial charge in [-0.1, -0.05) is 11.6 Å². The molecular formula is C13H19N3O3S. The van der Waals surface area contributed by atoms with Crippen LogP contribution in [0.2, 0.25) is 0 Å². The van der Waals surface area contributed by atoms with Gasteiger partial charge in [-0.3, -0.25) is 4.79 Å². The molecule has 0 aliphatic heterocycles. The first kappa shape index (κ1) is 16.0. The summed E-state index contributed by atoms with van der Waals surface area (Å²) in [6.07, 6.45) is 1.95. The molecule has 6 nitrogen and oxygen atoms in total. The summed E-state index contributed by atoms with van der Waals surface area (Å²) in [5.41, 5.74) is 12.5. The summed E-state index contributed by atoms with van der Waals surface area (Å²) in [4.78, 5) is 23.4. The van der Waals surface area contributed by atoms with Gasteiger partial charge in [0.1, 0.15) is 9.88 Å². The number of carbonyl (C=O) groups is 2. The summed E-state index contributed by atoms with van der Waals surface area (Å²) >= 11 is 1.07. The molecule has 0 radical (unpaired) electrons. The number of amides is 1. The summed E-state index contributed by atoms with van der Waals surface area (Å²) in [7, 11) is 0. The maximum atomic E-state index is 11.8. The Labute approximate surface area is 121 Å². The van der Waals surface area contributed by atoms with Crippen molar-refractivity contribution < 1.29 is 14.3 Å². The summed E-state index contributed by atoms with van der Waals surface area (Å²) in [5, 5.41) is 3.52. The highest BCUT2D eigenvalue weighted by molar-refractivity contribution is 7.19. The minimum absolute atomic E-state index is 0.0700. The molecule has 1 amide bonds. The molecule has 0 fully saturated rings. The number of esters is 1. The first-order valence-corrected chi connectivity index (χ1v) is 6.96. The molecule has 0 spiro atoms. The van der Waals surface area contributed by atoms with Gasteiger partial charge >= 0.3 is 5.97 Å². The molecular weight excluding hydrogens is 278 g/mol. The minimum Gasteiger partial charge on any atom is -0.462 e. The van der Waals surface area contributed by atoms with Crippen LogP contribution in [-0.2, 0) is 4.74 Å². The lowest BCUT2D eigenvalue weighted by atomic mass is 10.2. The molecule has 20 heavy (non-hydrogen) atoms. The molecule has 0 atom stereocenters. The lowest BCUT2D eigenvalue weighted by molar-refractivity contribution is 0.0533. The molecule has 5 N–H and O–H groups in total. The third-order valence-electron chi connectivity index (χ3n) is 2.43. The third-order valence-corrected chi connectivity index (χ3v) is 3.57. The van der Waals surface area contributed by atoms with Crippen LogP contribution in [0.3, 0.4) is 0 Å². The van der Waals surface area contributed by atoms with Gasteiger partial charge in [0, 0.05) is 6.54 Å². The lowest BCUT2D eigenvalue weighted by Gasteiger charge is -2.03. The lowest BCUT2D eigenvalue weighted by Crippen LogP contribution is -2.15. The second-order valence-corrected chi connectivity index (χ2v) is 5.32. The number of nitrogens with two attached hydrogens (primary N) is 2. The predicted octanol–water partition coefficient (Wildman–Crippen LogP) is 1.98. The van der Waals surface area contributed by atoms with Crippen LogP contribution in [0.1, 0.15) is 40.8 Å². The maximum Gasteiger partial charge on any atom is 0.350 e. The van der Waals surface area contributed by atoms with Crippen molar-refractivity contribution in [1.29, 1.82) is 0 Å². The number of hydrogen-bond donors (Lipinski definition) is 3. The van der Waals surface area contributed by atoms with E-state index < -0.39 is 11.9 Å². The van der Waals surface area contributed by atoms with Crippen molar-refractivity contribution in [1.82, 2.24) is 0 Å². The van der Waals surface area contributed by atoms with Crippen LogP contribution in [0.4, 0.5) is 10.7 Å². The van der Waals surface area contributed by atoms with E-state index in [0.29, 0.717) is 11.5 Å². The zero-order valence-corrected chi connectivity index (χ0v) is 12.6. The van der Waals surface area contributed by atoms with E-state index in [4.69, 9.17) is 16.2 Å². The van der Waals surface area contributed by atoms with E-state index in [1.807, 2.05) is 19.9 Å². The van der Waals surface area contributed by atoms with Crippen LogP contribution < -0.4 is 16.8 Å². The quantitative estimate of drug-likeness (QED) is 0.549. The van der Waals surface area contributed by atoms with Gasteiger partial charge in [0.05, 0.1) is 17.9 Å². The fourth-order valence-electron chi connectivity index (χ4n) is 1.51. The van der Waals surface area contributed by atoms with Crippen molar-refractivity contribution in [2.45, 2.75) is 20.8 Å². The molecule has 0 aliphatic carbocycles. The number of hydrogen-bond acceptors (Lipinski definition) is 6. The van der Waals surface area contributed by atoms with Gasteiger partial charge in [0.15, 0.2) is 0 Å². The first-order chi connectivity index (χ1) is 9.38. The van der Waals surface area contributed by atoms with Gasteiger partial charge in [-0.2, -0.15) is 0 Å². The van der Waals surface area contributed by atoms with Crippen LogP contribution in [0.15, 0.2) is 11.6 Å². The van der Waals surface area contributed by atoms with Crippen molar-refractivity contribution in [3.63, 3.8) is 0 Å². The molecule has 1 heterocycles. The number of allylic oxidation sites excluding steroid dienone is 1. The Balaban J connectivity index is 3.10. The second-order valence-electron chi connectivity index (χ2n) is 4.30. The highest BCUT2D eigenvalue weighted by atomic mass is 32.1. The fourth-order valence-corrected chi connectivity index (χ4v) is 2.54. The SMILES string of the molecule is CCOC(=O)c1sc(NCC=C(C)C)c(C(N)=O)c1N. The molecule has 110 valence electrons. The zero-order valence-electron chi connectivity index (χ0n) is 11.8. The number of rotatable bonds is 6. The number of primary amides is 1. The number of thiophene rings is 1. The number of nitrogen functional groups attached to an aromatic ring is 1. The molecule has 0 bridgehead atoms. The monoisotopic (exact) mass is 297 g/mol. The van der Waals surface area contributed by atoms with Gasteiger partial charge in [0.2, 0.25) is 0 Å².